The molecule has 2 amide bonds. The summed E-state index contributed by atoms with van der Waals surface area (Å²) in [4.78, 5) is 17.7. The van der Waals surface area contributed by atoms with Crippen molar-refractivity contribution in [1.29, 1.82) is 5.26 Å². The lowest BCUT2D eigenvalue weighted by Crippen LogP contribution is -2.50. The van der Waals surface area contributed by atoms with Crippen LogP contribution in [0.25, 0.3) is 11.1 Å². The summed E-state index contributed by atoms with van der Waals surface area (Å²) in [5.74, 6) is 0.876. The number of piperidine rings is 1. The van der Waals surface area contributed by atoms with E-state index in [2.05, 4.69) is 40.6 Å². The number of anilines is 1. The molecule has 3 aromatic carbocycles. The molecule has 0 aromatic heterocycles. The predicted molar refractivity (Wildman–Crippen MR) is 155 cm³/mol. The fourth-order valence-corrected chi connectivity index (χ4v) is 5.99. The van der Waals surface area contributed by atoms with Gasteiger partial charge in [0.05, 0.1) is 11.6 Å². The molecule has 2 aliphatic rings. The van der Waals surface area contributed by atoms with Gasteiger partial charge in [-0.3, -0.25) is 0 Å². The van der Waals surface area contributed by atoms with Crippen molar-refractivity contribution in [2.24, 2.45) is 5.92 Å². The molecule has 38 heavy (non-hydrogen) atoms. The minimum Gasteiger partial charge on any atom is -0.327 e. The van der Waals surface area contributed by atoms with Crippen molar-refractivity contribution in [3.63, 3.8) is 0 Å². The Morgan fingerprint density at radius 2 is 1.82 bits per heavy atom. The van der Waals surface area contributed by atoms with E-state index in [1.165, 1.54) is 24.9 Å². The molecule has 0 bridgehead atoms. The minimum atomic E-state index is -0.128. The molecular formula is C32H35ClN4O. The number of likely N-dealkylation sites (tertiary alicyclic amines) is 1. The SMILES string of the molecule is Cc1cc(Cl)cc(NC(=O)N(C)CC2(c3ccc(-c4cccc(C#N)c4)cc3)CCN(CC3CC3)CC2)c1. The van der Waals surface area contributed by atoms with E-state index in [1.54, 1.807) is 6.07 Å². The van der Waals surface area contributed by atoms with Crippen LogP contribution < -0.4 is 5.32 Å². The molecule has 2 fully saturated rings. The van der Waals surface area contributed by atoms with E-state index < -0.39 is 0 Å². The summed E-state index contributed by atoms with van der Waals surface area (Å²) >= 11 is 6.21. The number of carbonyl (C=O) groups excluding carboxylic acids is 1. The van der Waals surface area contributed by atoms with Gasteiger partial charge in [0, 0.05) is 36.3 Å². The number of aryl methyl sites for hydroxylation is 1. The van der Waals surface area contributed by atoms with Gasteiger partial charge in [0.2, 0.25) is 0 Å². The summed E-state index contributed by atoms with van der Waals surface area (Å²) in [6, 6.07) is 24.2. The summed E-state index contributed by atoms with van der Waals surface area (Å²) in [7, 11) is 1.88. The van der Waals surface area contributed by atoms with Gasteiger partial charge < -0.3 is 15.1 Å². The van der Waals surface area contributed by atoms with Crippen molar-refractivity contribution < 1.29 is 4.79 Å². The highest BCUT2D eigenvalue weighted by Crippen LogP contribution is 2.39. The van der Waals surface area contributed by atoms with Crippen LogP contribution in [0.4, 0.5) is 10.5 Å². The van der Waals surface area contributed by atoms with Gasteiger partial charge in [-0.15, -0.1) is 0 Å². The quantitative estimate of drug-likeness (QED) is 0.357. The van der Waals surface area contributed by atoms with Gasteiger partial charge in [0.25, 0.3) is 0 Å². The highest BCUT2D eigenvalue weighted by atomic mass is 35.5. The molecule has 5 nitrogen and oxygen atoms in total. The lowest BCUT2D eigenvalue weighted by Gasteiger charge is -2.44. The van der Waals surface area contributed by atoms with E-state index in [9.17, 15) is 10.1 Å². The summed E-state index contributed by atoms with van der Waals surface area (Å²) in [6.45, 7) is 5.90. The molecule has 5 rings (SSSR count). The molecule has 1 aliphatic heterocycles. The molecule has 1 saturated carbocycles. The van der Waals surface area contributed by atoms with Crippen LogP contribution in [0.3, 0.4) is 0 Å². The Hall–Kier alpha value is -3.33. The summed E-state index contributed by atoms with van der Waals surface area (Å²) in [5.41, 5.74) is 5.66. The molecule has 0 spiro atoms. The van der Waals surface area contributed by atoms with Crippen LogP contribution in [0.5, 0.6) is 0 Å². The number of hydrogen-bond donors (Lipinski definition) is 1. The molecule has 1 aliphatic carbocycles. The van der Waals surface area contributed by atoms with E-state index in [1.807, 2.05) is 55.3 Å². The number of amides is 2. The zero-order chi connectivity index (χ0) is 26.7. The van der Waals surface area contributed by atoms with E-state index in [0.29, 0.717) is 22.8 Å². The second kappa shape index (κ2) is 11.2. The summed E-state index contributed by atoms with van der Waals surface area (Å²) < 4.78 is 0. The lowest BCUT2D eigenvalue weighted by atomic mass is 9.72. The van der Waals surface area contributed by atoms with Crippen LogP contribution in [0.2, 0.25) is 5.02 Å². The van der Waals surface area contributed by atoms with Crippen LogP contribution in [0, 0.1) is 24.2 Å². The van der Waals surface area contributed by atoms with Crippen LogP contribution in [-0.4, -0.2) is 49.1 Å². The molecule has 3 aromatic rings. The first kappa shape index (κ1) is 26.3. The molecule has 1 saturated heterocycles. The monoisotopic (exact) mass is 526 g/mol. The number of hydrogen-bond acceptors (Lipinski definition) is 3. The van der Waals surface area contributed by atoms with Gasteiger partial charge >= 0.3 is 6.03 Å². The number of nitriles is 1. The number of nitrogens with one attached hydrogen (secondary N) is 1. The first-order valence-corrected chi connectivity index (χ1v) is 13.8. The fourth-order valence-electron chi connectivity index (χ4n) is 5.71. The Kier molecular flexibility index (Phi) is 7.74. The number of rotatable bonds is 7. The molecular weight excluding hydrogens is 492 g/mol. The lowest BCUT2D eigenvalue weighted by molar-refractivity contribution is 0.129. The van der Waals surface area contributed by atoms with Crippen LogP contribution in [0.15, 0.2) is 66.7 Å². The van der Waals surface area contributed by atoms with E-state index >= 15 is 0 Å². The summed E-state index contributed by atoms with van der Waals surface area (Å²) in [5, 5.41) is 12.9. The van der Waals surface area contributed by atoms with Crippen LogP contribution in [0.1, 0.15) is 42.4 Å². The Morgan fingerprint density at radius 3 is 2.47 bits per heavy atom. The predicted octanol–water partition coefficient (Wildman–Crippen LogP) is 7.09. The third-order valence-electron chi connectivity index (χ3n) is 8.03. The average molecular weight is 527 g/mol. The molecule has 6 heteroatoms. The largest absolute Gasteiger partial charge is 0.327 e. The van der Waals surface area contributed by atoms with Crippen molar-refractivity contribution in [3.8, 4) is 17.2 Å². The first-order chi connectivity index (χ1) is 18.3. The van der Waals surface area contributed by atoms with Crippen LogP contribution in [-0.2, 0) is 5.41 Å². The maximum atomic E-state index is 13.2. The Balaban J connectivity index is 1.36. The Bertz CT molecular complexity index is 1310. The highest BCUT2D eigenvalue weighted by Gasteiger charge is 2.39. The van der Waals surface area contributed by atoms with Crippen molar-refractivity contribution in [1.82, 2.24) is 9.80 Å². The Morgan fingerprint density at radius 1 is 1.08 bits per heavy atom. The first-order valence-electron chi connectivity index (χ1n) is 13.5. The highest BCUT2D eigenvalue weighted by molar-refractivity contribution is 6.31. The van der Waals surface area contributed by atoms with Gasteiger partial charge in [-0.25, -0.2) is 4.79 Å². The summed E-state index contributed by atoms with van der Waals surface area (Å²) in [6.07, 6.45) is 4.75. The topological polar surface area (TPSA) is 59.4 Å². The van der Waals surface area contributed by atoms with Crippen molar-refractivity contribution in [2.75, 3.05) is 38.5 Å². The van der Waals surface area contributed by atoms with E-state index in [4.69, 9.17) is 11.6 Å². The third-order valence-corrected chi connectivity index (χ3v) is 8.25. The molecule has 0 atom stereocenters. The van der Waals surface area contributed by atoms with Crippen molar-refractivity contribution in [3.05, 3.63) is 88.4 Å². The minimum absolute atomic E-state index is 0.122. The molecule has 196 valence electrons. The standard InChI is InChI=1S/C32H35ClN4O/c1-23-16-29(33)19-30(17-23)35-31(38)36(2)22-32(12-14-37(15-13-32)21-24-6-7-24)28-10-8-26(9-11-28)27-5-3-4-25(18-27)20-34/h3-5,8-11,16-19,24H,6-7,12-15,21-22H2,1-2H3,(H,35,38). The number of urea groups is 1. The van der Waals surface area contributed by atoms with Gasteiger partial charge in [-0.05, 0) is 104 Å². The van der Waals surface area contributed by atoms with Gasteiger partial charge in [-0.2, -0.15) is 5.26 Å². The fraction of sp³-hybridized carbons (Fsp3) is 0.375. The third kappa shape index (κ3) is 6.20. The zero-order valence-electron chi connectivity index (χ0n) is 22.2. The second-order valence-corrected chi connectivity index (χ2v) is 11.5. The number of likely N-dealkylation sites (N-methyl/N-ethyl adjacent to an activating group) is 1. The van der Waals surface area contributed by atoms with Crippen molar-refractivity contribution in [2.45, 2.75) is 38.0 Å². The van der Waals surface area contributed by atoms with Gasteiger partial charge in [0.1, 0.15) is 0 Å². The Labute approximate surface area is 231 Å². The van der Waals surface area contributed by atoms with E-state index in [-0.39, 0.29) is 11.4 Å². The van der Waals surface area contributed by atoms with Gasteiger partial charge in [0.15, 0.2) is 0 Å². The maximum absolute atomic E-state index is 13.2. The maximum Gasteiger partial charge on any atom is 0.321 e. The average Bonchev–Trinajstić information content (AvgIpc) is 3.73. The van der Waals surface area contributed by atoms with Gasteiger partial charge in [-0.1, -0.05) is 48.0 Å². The smallest absolute Gasteiger partial charge is 0.321 e. The molecule has 1 heterocycles. The number of nitrogens with zero attached hydrogens (tertiary/aromatic N) is 3. The molecule has 0 unspecified atom stereocenters. The van der Waals surface area contributed by atoms with Crippen molar-refractivity contribution >= 4 is 23.3 Å². The second-order valence-electron chi connectivity index (χ2n) is 11.1. The number of carbonyl (C=O) groups is 1. The number of halogens is 1. The van der Waals surface area contributed by atoms with Crippen LogP contribution >= 0.6 is 11.6 Å². The van der Waals surface area contributed by atoms with E-state index in [0.717, 1.165) is 48.5 Å². The zero-order valence-corrected chi connectivity index (χ0v) is 23.0. The molecule has 1 N–H and O–H groups in total. The molecule has 0 radical (unpaired) electrons. The normalized spacial score (nSPS) is 17.0. The number of benzene rings is 3.